The Morgan fingerprint density at radius 3 is 2.93 bits per heavy atom. The highest BCUT2D eigenvalue weighted by Gasteiger charge is 2.26. The van der Waals surface area contributed by atoms with Gasteiger partial charge in [-0.25, -0.2) is 9.97 Å². The second-order valence-corrected chi connectivity index (χ2v) is 7.13. The summed E-state index contributed by atoms with van der Waals surface area (Å²) in [6, 6.07) is 10.3. The molecule has 0 saturated heterocycles. The number of anilines is 1. The summed E-state index contributed by atoms with van der Waals surface area (Å²) in [6.07, 6.45) is 0. The summed E-state index contributed by atoms with van der Waals surface area (Å²) in [5, 5.41) is 16.7. The number of fused-ring (bicyclic) bond motifs is 5. The highest BCUT2D eigenvalue weighted by Crippen LogP contribution is 2.37. The summed E-state index contributed by atoms with van der Waals surface area (Å²) in [5.41, 5.74) is 1.96. The Morgan fingerprint density at radius 1 is 1.23 bits per heavy atom. The van der Waals surface area contributed by atoms with Crippen LogP contribution in [0.15, 0.2) is 34.7 Å². The van der Waals surface area contributed by atoms with Gasteiger partial charge in [0.25, 0.3) is 5.91 Å². The van der Waals surface area contributed by atoms with Crippen LogP contribution in [-0.4, -0.2) is 33.4 Å². The third-order valence-electron chi connectivity index (χ3n) is 4.66. The lowest BCUT2D eigenvalue weighted by Crippen LogP contribution is -2.34. The van der Waals surface area contributed by atoms with Gasteiger partial charge in [-0.1, -0.05) is 0 Å². The van der Waals surface area contributed by atoms with Crippen LogP contribution in [0.1, 0.15) is 23.2 Å². The normalized spacial score (nSPS) is 15.8. The average molecular weight is 421 g/mol. The van der Waals surface area contributed by atoms with E-state index in [-0.39, 0.29) is 40.4 Å². The number of halogens is 1. The molecule has 0 aliphatic carbocycles. The highest BCUT2D eigenvalue weighted by molar-refractivity contribution is 6.28. The van der Waals surface area contributed by atoms with Gasteiger partial charge < -0.3 is 19.8 Å². The third-order valence-corrected chi connectivity index (χ3v) is 4.83. The zero-order valence-electron chi connectivity index (χ0n) is 15.6. The zero-order valence-corrected chi connectivity index (χ0v) is 16.3. The summed E-state index contributed by atoms with van der Waals surface area (Å²) < 4.78 is 11.5. The number of carbonyl (C=O) groups excluding carboxylic acids is 1. The van der Waals surface area contributed by atoms with E-state index in [4.69, 9.17) is 26.0 Å². The summed E-state index contributed by atoms with van der Waals surface area (Å²) >= 11 is 5.82. The number of hydrogen-bond acceptors (Lipinski definition) is 8. The van der Waals surface area contributed by atoms with Crippen molar-refractivity contribution < 1.29 is 13.9 Å². The van der Waals surface area contributed by atoms with Crippen molar-refractivity contribution in [2.75, 3.05) is 11.9 Å². The van der Waals surface area contributed by atoms with Crippen molar-refractivity contribution in [2.45, 2.75) is 13.0 Å². The van der Waals surface area contributed by atoms with E-state index in [0.717, 1.165) is 10.8 Å². The Hall–Kier alpha value is -3.90. The molecule has 2 N–H and O–H groups in total. The van der Waals surface area contributed by atoms with E-state index in [2.05, 4.69) is 25.6 Å². The number of nitriles is 1. The maximum absolute atomic E-state index is 12.4. The quantitative estimate of drug-likeness (QED) is 0.471. The number of amides is 1. The predicted octanol–water partition coefficient (Wildman–Crippen LogP) is 3.63. The van der Waals surface area contributed by atoms with E-state index in [1.807, 2.05) is 19.1 Å². The van der Waals surface area contributed by atoms with Gasteiger partial charge in [0, 0.05) is 30.1 Å². The van der Waals surface area contributed by atoms with Crippen LogP contribution in [0, 0.1) is 11.3 Å². The lowest BCUT2D eigenvalue weighted by atomic mass is 10.1. The molecule has 10 heteroatoms. The molecule has 0 radical (unpaired) electrons. The van der Waals surface area contributed by atoms with Crippen molar-refractivity contribution in [3.8, 4) is 17.8 Å². The van der Waals surface area contributed by atoms with Crippen molar-refractivity contribution >= 4 is 45.1 Å². The monoisotopic (exact) mass is 420 g/mol. The molecule has 9 nitrogen and oxygen atoms in total. The van der Waals surface area contributed by atoms with Gasteiger partial charge in [0.2, 0.25) is 22.8 Å². The Kier molecular flexibility index (Phi) is 4.15. The van der Waals surface area contributed by atoms with Gasteiger partial charge in [0.1, 0.15) is 17.3 Å². The van der Waals surface area contributed by atoms with E-state index >= 15 is 0 Å². The lowest BCUT2D eigenvalue weighted by molar-refractivity contribution is 0.0920. The molecule has 1 aliphatic rings. The fourth-order valence-electron chi connectivity index (χ4n) is 3.38. The molecule has 0 unspecified atom stereocenters. The van der Waals surface area contributed by atoms with E-state index in [9.17, 15) is 4.79 Å². The lowest BCUT2D eigenvalue weighted by Gasteiger charge is -2.09. The first-order chi connectivity index (χ1) is 14.5. The van der Waals surface area contributed by atoms with Crippen LogP contribution in [-0.2, 0) is 0 Å². The summed E-state index contributed by atoms with van der Waals surface area (Å²) in [7, 11) is 0. The van der Waals surface area contributed by atoms with E-state index in [0.29, 0.717) is 23.3 Å². The van der Waals surface area contributed by atoms with Crippen LogP contribution in [0.25, 0.3) is 21.9 Å². The molecule has 1 atom stereocenters. The van der Waals surface area contributed by atoms with Gasteiger partial charge in [0.05, 0.1) is 16.6 Å². The molecule has 30 heavy (non-hydrogen) atoms. The van der Waals surface area contributed by atoms with Gasteiger partial charge in [-0.05, 0) is 36.7 Å². The molecular weight excluding hydrogens is 408 g/mol. The molecule has 148 valence electrons. The van der Waals surface area contributed by atoms with Crippen molar-refractivity contribution in [1.29, 1.82) is 5.26 Å². The van der Waals surface area contributed by atoms with Crippen LogP contribution in [0.3, 0.4) is 0 Å². The number of furan rings is 1. The number of rotatable bonds is 2. The predicted molar refractivity (Wildman–Crippen MR) is 109 cm³/mol. The Labute approximate surface area is 174 Å². The molecule has 4 aromatic rings. The van der Waals surface area contributed by atoms with Gasteiger partial charge in [-0.15, -0.1) is 0 Å². The second-order valence-electron chi connectivity index (χ2n) is 6.79. The number of pyridine rings is 1. The minimum Gasteiger partial charge on any atom is -0.449 e. The Bertz CT molecular complexity index is 1380. The number of nitrogens with one attached hydrogen (secondary N) is 2. The van der Waals surface area contributed by atoms with E-state index < -0.39 is 0 Å². The van der Waals surface area contributed by atoms with Crippen molar-refractivity contribution in [3.63, 3.8) is 0 Å². The Morgan fingerprint density at radius 2 is 2.10 bits per heavy atom. The number of ether oxygens (including phenoxy) is 1. The first-order valence-corrected chi connectivity index (χ1v) is 9.43. The molecule has 0 spiro atoms. The van der Waals surface area contributed by atoms with E-state index in [1.54, 1.807) is 18.2 Å². The van der Waals surface area contributed by atoms with Crippen LogP contribution >= 0.6 is 11.6 Å². The van der Waals surface area contributed by atoms with Crippen molar-refractivity contribution in [2.24, 2.45) is 0 Å². The maximum atomic E-state index is 12.4. The Balaban J connectivity index is 1.59. The minimum atomic E-state index is -0.256. The summed E-state index contributed by atoms with van der Waals surface area (Å²) in [4.78, 5) is 24.7. The first-order valence-electron chi connectivity index (χ1n) is 9.05. The molecule has 1 aromatic carbocycles. The third kappa shape index (κ3) is 3.03. The molecule has 1 aliphatic heterocycles. The average Bonchev–Trinajstić information content (AvgIpc) is 3.04. The maximum Gasteiger partial charge on any atom is 0.289 e. The fraction of sp³-hybridized carbons (Fsp3) is 0.150. The zero-order chi connectivity index (χ0) is 20.8. The number of nitrogens with zero attached hydrogens (tertiary/aromatic N) is 4. The van der Waals surface area contributed by atoms with Gasteiger partial charge >= 0.3 is 0 Å². The van der Waals surface area contributed by atoms with Gasteiger partial charge in [-0.3, -0.25) is 4.79 Å². The van der Waals surface area contributed by atoms with Crippen LogP contribution < -0.4 is 15.4 Å². The summed E-state index contributed by atoms with van der Waals surface area (Å²) in [6.45, 7) is 2.49. The van der Waals surface area contributed by atoms with Gasteiger partial charge in [0.15, 0.2) is 0 Å². The molecular formula is C20H13ClN6O3. The number of carbonyl (C=O) groups is 1. The topological polar surface area (TPSA) is 126 Å². The smallest absolute Gasteiger partial charge is 0.289 e. The number of hydrogen-bond donors (Lipinski definition) is 2. The second kappa shape index (κ2) is 6.86. The fourth-order valence-corrected chi connectivity index (χ4v) is 3.55. The molecule has 0 bridgehead atoms. The number of aromatic nitrogens is 3. The van der Waals surface area contributed by atoms with Crippen LogP contribution in [0.5, 0.6) is 11.8 Å². The van der Waals surface area contributed by atoms with Crippen molar-refractivity contribution in [1.82, 2.24) is 20.3 Å². The largest absolute Gasteiger partial charge is 0.449 e. The molecule has 3 aromatic heterocycles. The SMILES string of the molecule is C[C@@H]1CNc2c(oc3ccc4nc(Oc5cc(C#N)nc(Cl)n5)ccc4c23)C(=O)N1. The molecule has 1 amide bonds. The van der Waals surface area contributed by atoms with Crippen LogP contribution in [0.4, 0.5) is 5.69 Å². The number of benzene rings is 1. The van der Waals surface area contributed by atoms with E-state index in [1.165, 1.54) is 6.07 Å². The summed E-state index contributed by atoms with van der Waals surface area (Å²) in [5.74, 6) is 0.383. The van der Waals surface area contributed by atoms with Crippen molar-refractivity contribution in [3.05, 3.63) is 47.1 Å². The highest BCUT2D eigenvalue weighted by atomic mass is 35.5. The van der Waals surface area contributed by atoms with Gasteiger partial charge in [-0.2, -0.15) is 10.2 Å². The molecule has 0 saturated carbocycles. The molecule has 0 fully saturated rings. The minimum absolute atomic E-state index is 0.0266. The molecule has 5 rings (SSSR count). The molecule has 4 heterocycles. The standard InChI is InChI=1S/C20H13ClN6O3/c1-9-8-23-17-16-11-2-5-14(30-15-6-10(7-22)25-20(21)27-15)26-12(11)3-4-13(16)29-18(17)19(28)24-9/h2-6,9,23H,8H2,1H3,(H,24,28)/t9-/m1/s1. The first kappa shape index (κ1) is 18.1. The van der Waals surface area contributed by atoms with Crippen LogP contribution in [0.2, 0.25) is 5.28 Å².